The van der Waals surface area contributed by atoms with E-state index in [2.05, 4.69) is 0 Å². The van der Waals surface area contributed by atoms with E-state index in [1.807, 2.05) is 0 Å². The molecule has 5 heteroatoms. The van der Waals surface area contributed by atoms with Crippen LogP contribution in [-0.2, 0) is 20.6 Å². The average Bonchev–Trinajstić information content (AvgIpc) is 1.82. The molecule has 72 valence electrons. The van der Waals surface area contributed by atoms with E-state index in [-0.39, 0.29) is 0 Å². The van der Waals surface area contributed by atoms with Crippen molar-refractivity contribution in [2.24, 2.45) is 0 Å². The zero-order chi connectivity index (χ0) is 9.94. The van der Waals surface area contributed by atoms with Crippen molar-refractivity contribution in [3.05, 3.63) is 0 Å². The van der Waals surface area contributed by atoms with Crippen molar-refractivity contribution in [2.45, 2.75) is 38.5 Å². The summed E-state index contributed by atoms with van der Waals surface area (Å²) in [6.07, 6.45) is 0. The molecule has 0 aromatic carbocycles. The normalized spacial score (nSPS) is 16.8. The lowest BCUT2D eigenvalue weighted by atomic mass is 10.2. The van der Waals surface area contributed by atoms with Gasteiger partial charge in [-0.1, -0.05) is 0 Å². The molecule has 0 saturated heterocycles. The zero-order valence-electron chi connectivity index (χ0n) is 7.62. The summed E-state index contributed by atoms with van der Waals surface area (Å²) in [5.41, 5.74) is -0.634. The standard InChI is InChI=1S/C7H14O4S/c1-5(12(9)10)6(8)11-7(2,3)4/h5H,1-4H3,(H,9,10)/p-1. The van der Waals surface area contributed by atoms with Gasteiger partial charge in [-0.15, -0.1) is 0 Å². The summed E-state index contributed by atoms with van der Waals surface area (Å²) in [5, 5.41) is -1.09. The summed E-state index contributed by atoms with van der Waals surface area (Å²) in [6, 6.07) is 0. The zero-order valence-corrected chi connectivity index (χ0v) is 8.44. The minimum absolute atomic E-state index is 0.634. The largest absolute Gasteiger partial charge is 0.772 e. The van der Waals surface area contributed by atoms with E-state index in [4.69, 9.17) is 4.74 Å². The Labute approximate surface area is 74.6 Å². The van der Waals surface area contributed by atoms with Gasteiger partial charge in [0.15, 0.2) is 0 Å². The third-order valence-corrected chi connectivity index (χ3v) is 1.80. The molecule has 0 rings (SSSR count). The van der Waals surface area contributed by atoms with E-state index in [0.717, 1.165) is 0 Å². The maximum Gasteiger partial charge on any atom is 0.320 e. The lowest BCUT2D eigenvalue weighted by Gasteiger charge is -2.22. The summed E-state index contributed by atoms with van der Waals surface area (Å²) in [7, 11) is 0. The Balaban J connectivity index is 4.15. The molecule has 0 amide bonds. The van der Waals surface area contributed by atoms with Crippen LogP contribution in [0.1, 0.15) is 27.7 Å². The Morgan fingerprint density at radius 1 is 1.50 bits per heavy atom. The lowest BCUT2D eigenvalue weighted by Crippen LogP contribution is -2.32. The summed E-state index contributed by atoms with van der Waals surface area (Å²) in [6.45, 7) is 6.35. The van der Waals surface area contributed by atoms with Crippen molar-refractivity contribution in [1.29, 1.82) is 0 Å². The highest BCUT2D eigenvalue weighted by molar-refractivity contribution is 7.80. The smallest absolute Gasteiger partial charge is 0.320 e. The van der Waals surface area contributed by atoms with Gasteiger partial charge in [0.25, 0.3) is 0 Å². The molecule has 0 bridgehead atoms. The number of esters is 1. The van der Waals surface area contributed by atoms with Gasteiger partial charge >= 0.3 is 5.97 Å². The number of hydrogen-bond acceptors (Lipinski definition) is 4. The van der Waals surface area contributed by atoms with Gasteiger partial charge in [-0.2, -0.15) is 0 Å². The number of hydrogen-bond donors (Lipinski definition) is 0. The summed E-state index contributed by atoms with van der Waals surface area (Å²) >= 11 is -2.40. The van der Waals surface area contributed by atoms with Crippen LogP contribution in [0.4, 0.5) is 0 Å². The maximum atomic E-state index is 11.0. The Morgan fingerprint density at radius 2 is 1.92 bits per heavy atom. The van der Waals surface area contributed by atoms with Crippen molar-refractivity contribution >= 4 is 17.0 Å². The first-order chi connectivity index (χ1) is 5.24. The lowest BCUT2D eigenvalue weighted by molar-refractivity contribution is -0.153. The van der Waals surface area contributed by atoms with Crippen LogP contribution in [0.5, 0.6) is 0 Å². The summed E-state index contributed by atoms with van der Waals surface area (Å²) < 4.78 is 25.5. The molecular formula is C7H13O4S-. The third-order valence-electron chi connectivity index (χ3n) is 1.03. The van der Waals surface area contributed by atoms with Crippen LogP contribution in [0.2, 0.25) is 0 Å². The molecular weight excluding hydrogens is 180 g/mol. The van der Waals surface area contributed by atoms with Crippen LogP contribution in [0, 0.1) is 0 Å². The van der Waals surface area contributed by atoms with Crippen LogP contribution in [0.25, 0.3) is 0 Å². The quantitative estimate of drug-likeness (QED) is 0.475. The molecule has 12 heavy (non-hydrogen) atoms. The predicted molar refractivity (Wildman–Crippen MR) is 44.2 cm³/mol. The van der Waals surface area contributed by atoms with E-state index in [1.165, 1.54) is 6.92 Å². The number of ether oxygens (including phenoxy) is 1. The molecule has 0 spiro atoms. The number of rotatable bonds is 2. The van der Waals surface area contributed by atoms with Gasteiger partial charge in [-0.05, 0) is 38.8 Å². The van der Waals surface area contributed by atoms with Gasteiger partial charge in [0.2, 0.25) is 0 Å². The Morgan fingerprint density at radius 3 is 2.17 bits per heavy atom. The summed E-state index contributed by atoms with van der Waals surface area (Å²) in [5.74, 6) is -0.712. The van der Waals surface area contributed by atoms with Gasteiger partial charge in [0.1, 0.15) is 10.9 Å². The fraction of sp³-hybridized carbons (Fsp3) is 0.857. The van der Waals surface area contributed by atoms with Crippen molar-refractivity contribution in [3.8, 4) is 0 Å². The SMILES string of the molecule is CC(C(=O)OC(C)(C)C)S(=O)[O-]. The fourth-order valence-electron chi connectivity index (χ4n) is 0.463. The van der Waals surface area contributed by atoms with Crippen molar-refractivity contribution in [1.82, 2.24) is 0 Å². The molecule has 0 radical (unpaired) electrons. The highest BCUT2D eigenvalue weighted by atomic mass is 32.2. The minimum atomic E-state index is -2.40. The van der Waals surface area contributed by atoms with Gasteiger partial charge < -0.3 is 9.29 Å². The highest BCUT2D eigenvalue weighted by Gasteiger charge is 2.21. The minimum Gasteiger partial charge on any atom is -0.772 e. The maximum absolute atomic E-state index is 11.0. The van der Waals surface area contributed by atoms with Crippen molar-refractivity contribution < 1.29 is 18.3 Å². The topological polar surface area (TPSA) is 66.4 Å². The molecule has 0 aromatic rings. The molecule has 0 aliphatic heterocycles. The second-order valence-electron chi connectivity index (χ2n) is 3.44. The fourth-order valence-corrected chi connectivity index (χ4v) is 0.669. The van der Waals surface area contributed by atoms with E-state index in [0.29, 0.717) is 0 Å². The first kappa shape index (κ1) is 11.6. The van der Waals surface area contributed by atoms with Gasteiger partial charge in [-0.3, -0.25) is 9.00 Å². The van der Waals surface area contributed by atoms with E-state index >= 15 is 0 Å². The second kappa shape index (κ2) is 4.00. The molecule has 0 aromatic heterocycles. The van der Waals surface area contributed by atoms with Crippen LogP contribution in [-0.4, -0.2) is 25.6 Å². The van der Waals surface area contributed by atoms with Crippen LogP contribution in [0.3, 0.4) is 0 Å². The second-order valence-corrected chi connectivity index (χ2v) is 4.66. The third kappa shape index (κ3) is 4.46. The number of carbonyl (C=O) groups is 1. The number of carbonyl (C=O) groups excluding carboxylic acids is 1. The molecule has 2 unspecified atom stereocenters. The molecule has 0 aliphatic carbocycles. The van der Waals surface area contributed by atoms with Gasteiger partial charge in [0, 0.05) is 0 Å². The molecule has 4 nitrogen and oxygen atoms in total. The average molecular weight is 193 g/mol. The highest BCUT2D eigenvalue weighted by Crippen LogP contribution is 2.09. The molecule has 0 fully saturated rings. The van der Waals surface area contributed by atoms with Gasteiger partial charge in [0.05, 0.1) is 0 Å². The Hall–Kier alpha value is -0.420. The van der Waals surface area contributed by atoms with Gasteiger partial charge in [-0.25, -0.2) is 0 Å². The van der Waals surface area contributed by atoms with Crippen molar-refractivity contribution in [2.75, 3.05) is 0 Å². The molecule has 0 N–H and O–H groups in total. The van der Waals surface area contributed by atoms with E-state index in [9.17, 15) is 13.6 Å². The molecule has 2 atom stereocenters. The summed E-state index contributed by atoms with van der Waals surface area (Å²) in [4.78, 5) is 11.0. The Bertz CT molecular complexity index is 194. The molecule has 0 heterocycles. The predicted octanol–water partition coefficient (Wildman–Crippen LogP) is 0.596. The van der Waals surface area contributed by atoms with E-state index in [1.54, 1.807) is 20.8 Å². The molecule has 0 saturated carbocycles. The monoisotopic (exact) mass is 193 g/mol. The van der Waals surface area contributed by atoms with Crippen LogP contribution >= 0.6 is 0 Å². The van der Waals surface area contributed by atoms with Crippen molar-refractivity contribution in [3.63, 3.8) is 0 Å². The Kier molecular flexibility index (Phi) is 3.86. The van der Waals surface area contributed by atoms with Crippen LogP contribution in [0.15, 0.2) is 0 Å². The first-order valence-electron chi connectivity index (χ1n) is 3.55. The van der Waals surface area contributed by atoms with E-state index < -0.39 is 27.9 Å². The first-order valence-corrected chi connectivity index (χ1v) is 4.69. The van der Waals surface area contributed by atoms with Crippen LogP contribution < -0.4 is 0 Å². The molecule has 0 aliphatic rings.